The Morgan fingerprint density at radius 2 is 2.07 bits per heavy atom. The molecule has 0 saturated carbocycles. The van der Waals surface area contributed by atoms with E-state index < -0.39 is 0 Å². The van der Waals surface area contributed by atoms with E-state index in [0.29, 0.717) is 0 Å². The number of rotatable bonds is 0. The minimum atomic E-state index is -0.199. The fourth-order valence-corrected chi connectivity index (χ4v) is 1.96. The van der Waals surface area contributed by atoms with Crippen molar-refractivity contribution in [3.05, 3.63) is 42.3 Å². The lowest BCUT2D eigenvalue weighted by atomic mass is 10.2. The summed E-state index contributed by atoms with van der Waals surface area (Å²) in [7, 11) is 1.97. The van der Waals surface area contributed by atoms with Gasteiger partial charge in [0, 0.05) is 5.39 Å². The fourth-order valence-electron chi connectivity index (χ4n) is 1.96. The van der Waals surface area contributed by atoms with E-state index in [9.17, 15) is 4.39 Å². The van der Waals surface area contributed by atoms with Gasteiger partial charge < -0.3 is 0 Å². The summed E-state index contributed by atoms with van der Waals surface area (Å²) >= 11 is 0. The summed E-state index contributed by atoms with van der Waals surface area (Å²) in [5, 5.41) is 1.98. The van der Waals surface area contributed by atoms with Crippen molar-refractivity contribution in [1.82, 2.24) is 4.98 Å². The van der Waals surface area contributed by atoms with Crippen LogP contribution in [0.4, 0.5) is 4.39 Å². The highest BCUT2D eigenvalue weighted by atomic mass is 19.1. The molecule has 0 bridgehead atoms. The van der Waals surface area contributed by atoms with Gasteiger partial charge in [0.2, 0.25) is 0 Å². The van der Waals surface area contributed by atoms with E-state index in [1.165, 1.54) is 6.07 Å². The molecule has 15 heavy (non-hydrogen) atoms. The number of hydrogen-bond acceptors (Lipinski definition) is 0. The Bertz CT molecular complexity index is 655. The number of hydrogen-bond donors (Lipinski definition) is 1. The summed E-state index contributed by atoms with van der Waals surface area (Å²) in [4.78, 5) is 3.27. The molecule has 2 aromatic heterocycles. The number of aromatic nitrogens is 2. The molecule has 74 valence electrons. The lowest BCUT2D eigenvalue weighted by Gasteiger charge is -1.90. The Hall–Kier alpha value is -1.90. The molecular weight excluding hydrogens is 191 g/mol. The zero-order chi connectivity index (χ0) is 10.4. The SMILES string of the molecule is C[n+]1cccc2c3cc(F)ccc3[nH]c21. The van der Waals surface area contributed by atoms with E-state index in [1.54, 1.807) is 12.1 Å². The molecule has 3 aromatic rings. The van der Waals surface area contributed by atoms with Gasteiger partial charge >= 0.3 is 0 Å². The van der Waals surface area contributed by atoms with Crippen LogP contribution in [0.25, 0.3) is 21.9 Å². The fraction of sp³-hybridized carbons (Fsp3) is 0.0833. The van der Waals surface area contributed by atoms with Gasteiger partial charge in [0.05, 0.1) is 18.6 Å². The second kappa shape index (κ2) is 2.79. The molecule has 2 heterocycles. The molecule has 0 fully saturated rings. The molecule has 1 aromatic carbocycles. The smallest absolute Gasteiger partial charge is 0.240 e. The summed E-state index contributed by atoms with van der Waals surface area (Å²) in [5.41, 5.74) is 1.98. The van der Waals surface area contributed by atoms with Gasteiger partial charge in [-0.3, -0.25) is 0 Å². The topological polar surface area (TPSA) is 19.7 Å². The first-order chi connectivity index (χ1) is 7.25. The van der Waals surface area contributed by atoms with Crippen molar-refractivity contribution in [3.63, 3.8) is 0 Å². The molecule has 2 nitrogen and oxygen atoms in total. The second-order valence-electron chi connectivity index (χ2n) is 3.70. The maximum Gasteiger partial charge on any atom is 0.287 e. The Kier molecular flexibility index (Phi) is 1.57. The number of pyridine rings is 1. The molecule has 1 N–H and O–H groups in total. The maximum absolute atomic E-state index is 13.1. The van der Waals surface area contributed by atoms with Crippen molar-refractivity contribution in [1.29, 1.82) is 0 Å². The van der Waals surface area contributed by atoms with Crippen molar-refractivity contribution in [2.24, 2.45) is 7.05 Å². The Balaban J connectivity index is 2.58. The van der Waals surface area contributed by atoms with E-state index in [4.69, 9.17) is 0 Å². The number of halogens is 1. The third-order valence-corrected chi connectivity index (χ3v) is 2.71. The van der Waals surface area contributed by atoms with E-state index in [1.807, 2.05) is 29.9 Å². The van der Waals surface area contributed by atoms with Crippen LogP contribution in [0.2, 0.25) is 0 Å². The minimum absolute atomic E-state index is 0.199. The summed E-state index contributed by atoms with van der Waals surface area (Å²) in [5.74, 6) is -0.199. The summed E-state index contributed by atoms with van der Waals surface area (Å²) in [6.07, 6.45) is 1.97. The lowest BCUT2D eigenvalue weighted by Crippen LogP contribution is -2.27. The number of aryl methyl sites for hydroxylation is 1. The van der Waals surface area contributed by atoms with Gasteiger partial charge in [-0.05, 0) is 30.3 Å². The van der Waals surface area contributed by atoms with Crippen molar-refractivity contribution >= 4 is 21.9 Å². The highest BCUT2D eigenvalue weighted by molar-refractivity contribution is 6.04. The first kappa shape index (κ1) is 8.41. The second-order valence-corrected chi connectivity index (χ2v) is 3.70. The van der Waals surface area contributed by atoms with Gasteiger partial charge in [-0.15, -0.1) is 0 Å². The van der Waals surface area contributed by atoms with Crippen LogP contribution in [0.5, 0.6) is 0 Å². The number of nitrogens with one attached hydrogen (secondary N) is 1. The average molecular weight is 201 g/mol. The highest BCUT2D eigenvalue weighted by Gasteiger charge is 2.12. The van der Waals surface area contributed by atoms with Crippen LogP contribution in [-0.4, -0.2) is 4.98 Å². The molecule has 0 atom stereocenters. The van der Waals surface area contributed by atoms with Crippen molar-refractivity contribution < 1.29 is 8.96 Å². The van der Waals surface area contributed by atoms with Crippen LogP contribution in [0.15, 0.2) is 36.5 Å². The molecule has 0 aliphatic carbocycles. The number of benzene rings is 1. The molecule has 3 heteroatoms. The molecule has 0 saturated heterocycles. The Labute approximate surface area is 86.0 Å². The number of nitrogens with zero attached hydrogens (tertiary/aromatic N) is 1. The highest BCUT2D eigenvalue weighted by Crippen LogP contribution is 2.23. The molecule has 0 unspecified atom stereocenters. The lowest BCUT2D eigenvalue weighted by molar-refractivity contribution is -0.646. The molecule has 0 spiro atoms. The first-order valence-electron chi connectivity index (χ1n) is 4.81. The van der Waals surface area contributed by atoms with Crippen LogP contribution in [-0.2, 0) is 7.05 Å². The molecule has 0 radical (unpaired) electrons. The number of H-pyrrole nitrogens is 1. The van der Waals surface area contributed by atoms with E-state index >= 15 is 0 Å². The van der Waals surface area contributed by atoms with Crippen LogP contribution in [0.1, 0.15) is 0 Å². The van der Waals surface area contributed by atoms with Gasteiger partial charge in [-0.25, -0.2) is 13.9 Å². The van der Waals surface area contributed by atoms with E-state index in [0.717, 1.165) is 21.9 Å². The van der Waals surface area contributed by atoms with Gasteiger partial charge in [0.1, 0.15) is 11.3 Å². The van der Waals surface area contributed by atoms with Crippen LogP contribution < -0.4 is 4.57 Å². The molecule has 3 rings (SSSR count). The van der Waals surface area contributed by atoms with Gasteiger partial charge in [-0.1, -0.05) is 0 Å². The summed E-state index contributed by atoms with van der Waals surface area (Å²) < 4.78 is 15.1. The van der Waals surface area contributed by atoms with Crippen LogP contribution in [0.3, 0.4) is 0 Å². The van der Waals surface area contributed by atoms with Gasteiger partial charge in [0.15, 0.2) is 0 Å². The maximum atomic E-state index is 13.1. The Morgan fingerprint density at radius 3 is 2.93 bits per heavy atom. The predicted molar refractivity (Wildman–Crippen MR) is 56.9 cm³/mol. The monoisotopic (exact) mass is 201 g/mol. The normalized spacial score (nSPS) is 11.3. The van der Waals surface area contributed by atoms with Crippen LogP contribution in [0, 0.1) is 5.82 Å². The van der Waals surface area contributed by atoms with Crippen molar-refractivity contribution in [3.8, 4) is 0 Å². The largest absolute Gasteiger partial charge is 0.287 e. The Morgan fingerprint density at radius 1 is 1.20 bits per heavy atom. The van der Waals surface area contributed by atoms with E-state index in [2.05, 4.69) is 4.98 Å². The number of fused-ring (bicyclic) bond motifs is 3. The molecule has 0 aliphatic heterocycles. The molecule has 0 aliphatic rings. The zero-order valence-corrected chi connectivity index (χ0v) is 8.29. The summed E-state index contributed by atoms with van der Waals surface area (Å²) in [6.45, 7) is 0. The van der Waals surface area contributed by atoms with Crippen molar-refractivity contribution in [2.45, 2.75) is 0 Å². The molecule has 0 amide bonds. The van der Waals surface area contributed by atoms with Crippen LogP contribution >= 0.6 is 0 Å². The number of aromatic amines is 1. The predicted octanol–water partition coefficient (Wildman–Crippen LogP) is 2.28. The minimum Gasteiger partial charge on any atom is -0.240 e. The first-order valence-corrected chi connectivity index (χ1v) is 4.81. The standard InChI is InChI=1S/C12H9FN2/c1-15-6-2-3-9-10-7-8(13)4-5-11(10)14-12(9)15/h2-7H,1H3/p+1. The third-order valence-electron chi connectivity index (χ3n) is 2.71. The van der Waals surface area contributed by atoms with Gasteiger partial charge in [0.25, 0.3) is 5.65 Å². The summed E-state index contributed by atoms with van der Waals surface area (Å²) in [6, 6.07) is 8.75. The van der Waals surface area contributed by atoms with Gasteiger partial charge in [-0.2, -0.15) is 0 Å². The third kappa shape index (κ3) is 1.13. The average Bonchev–Trinajstić information content (AvgIpc) is 2.58. The van der Waals surface area contributed by atoms with Crippen molar-refractivity contribution in [2.75, 3.05) is 0 Å². The quantitative estimate of drug-likeness (QED) is 0.538. The zero-order valence-electron chi connectivity index (χ0n) is 8.29. The van der Waals surface area contributed by atoms with E-state index in [-0.39, 0.29) is 5.82 Å². The molecular formula is C12H10FN2+.